The van der Waals surface area contributed by atoms with Crippen LogP contribution in [0.2, 0.25) is 0 Å². The lowest BCUT2D eigenvalue weighted by Gasteiger charge is -2.29. The Morgan fingerprint density at radius 1 is 1.27 bits per heavy atom. The van der Waals surface area contributed by atoms with Gasteiger partial charge in [0, 0.05) is 11.5 Å². The van der Waals surface area contributed by atoms with Crippen molar-refractivity contribution in [2.24, 2.45) is 5.92 Å². The summed E-state index contributed by atoms with van der Waals surface area (Å²) in [6.07, 6.45) is 3.40. The Morgan fingerprint density at radius 2 is 2.00 bits per heavy atom. The zero-order chi connectivity index (χ0) is 21.7. The number of carbonyl (C=O) groups is 2. The van der Waals surface area contributed by atoms with Crippen LogP contribution < -0.4 is 5.32 Å². The van der Waals surface area contributed by atoms with Crippen LogP contribution in [-0.2, 0) is 20.9 Å². The van der Waals surface area contributed by atoms with Crippen molar-refractivity contribution in [3.8, 4) is 11.5 Å². The van der Waals surface area contributed by atoms with Crippen LogP contribution in [0.5, 0.6) is 0 Å². The van der Waals surface area contributed by atoms with Gasteiger partial charge >= 0.3 is 5.97 Å². The Kier molecular flexibility index (Phi) is 7.26. The number of benzene rings is 1. The second-order valence-corrected chi connectivity index (χ2v) is 7.99. The zero-order valence-corrected chi connectivity index (χ0v) is 17.8. The molecule has 1 amide bonds. The van der Waals surface area contributed by atoms with Crippen LogP contribution in [0.15, 0.2) is 28.7 Å². The molecule has 0 bridgehead atoms. The van der Waals surface area contributed by atoms with E-state index in [4.69, 9.17) is 14.3 Å². The molecule has 7 heteroatoms. The summed E-state index contributed by atoms with van der Waals surface area (Å²) >= 11 is 0. The zero-order valence-electron chi connectivity index (χ0n) is 17.8. The molecule has 3 atom stereocenters. The predicted octanol–water partition coefficient (Wildman–Crippen LogP) is 4.01. The highest BCUT2D eigenvalue weighted by molar-refractivity contribution is 5.85. The third-order valence-corrected chi connectivity index (χ3v) is 5.67. The summed E-state index contributed by atoms with van der Waals surface area (Å²) in [6.45, 7) is 5.98. The van der Waals surface area contributed by atoms with Gasteiger partial charge in [-0.05, 0) is 51.7 Å². The number of amides is 1. The van der Waals surface area contributed by atoms with Crippen LogP contribution >= 0.6 is 0 Å². The number of carboxylic acid groups (broad SMARTS) is 1. The molecule has 1 aromatic carbocycles. The quantitative estimate of drug-likeness (QED) is 0.677. The molecule has 1 fully saturated rings. The first-order valence-corrected chi connectivity index (χ1v) is 10.6. The van der Waals surface area contributed by atoms with Crippen LogP contribution in [0.3, 0.4) is 0 Å². The molecule has 30 heavy (non-hydrogen) atoms. The normalized spacial score (nSPS) is 20.0. The minimum Gasteiger partial charge on any atom is -0.480 e. The first-order valence-electron chi connectivity index (χ1n) is 10.6. The molecule has 162 valence electrons. The number of rotatable bonds is 8. The van der Waals surface area contributed by atoms with E-state index in [1.807, 2.05) is 38.1 Å². The van der Waals surface area contributed by atoms with Crippen molar-refractivity contribution in [1.29, 1.82) is 0 Å². The molecule has 0 spiro atoms. The highest BCUT2D eigenvalue weighted by Crippen LogP contribution is 2.28. The topological polar surface area (TPSA) is 102 Å². The van der Waals surface area contributed by atoms with Crippen molar-refractivity contribution in [2.75, 3.05) is 0 Å². The Bertz CT molecular complexity index is 874. The van der Waals surface area contributed by atoms with Gasteiger partial charge in [-0.2, -0.15) is 0 Å². The molecule has 2 N–H and O–H groups in total. The number of carboxylic acids is 1. The molecule has 1 aromatic heterocycles. The molecule has 1 saturated carbocycles. The maximum Gasteiger partial charge on any atom is 0.326 e. The summed E-state index contributed by atoms with van der Waals surface area (Å²) in [5.41, 5.74) is 2.86. The second kappa shape index (κ2) is 9.89. The largest absolute Gasteiger partial charge is 0.480 e. The number of aryl methyl sites for hydroxylation is 2. The van der Waals surface area contributed by atoms with E-state index in [0.29, 0.717) is 25.3 Å². The van der Waals surface area contributed by atoms with E-state index in [1.165, 1.54) is 5.56 Å². The van der Waals surface area contributed by atoms with Crippen molar-refractivity contribution in [2.45, 2.75) is 71.6 Å². The fraction of sp³-hybridized carbons (Fsp3) is 0.522. The van der Waals surface area contributed by atoms with Gasteiger partial charge in [-0.1, -0.05) is 31.0 Å². The predicted molar refractivity (Wildman–Crippen MR) is 112 cm³/mol. The lowest BCUT2D eigenvalue weighted by atomic mass is 9.86. The lowest BCUT2D eigenvalue weighted by Crippen LogP contribution is -2.44. The smallest absolute Gasteiger partial charge is 0.326 e. The van der Waals surface area contributed by atoms with Gasteiger partial charge in [0.05, 0.1) is 12.7 Å². The van der Waals surface area contributed by atoms with Gasteiger partial charge in [0.25, 0.3) is 0 Å². The number of aromatic nitrogens is 1. The van der Waals surface area contributed by atoms with E-state index in [1.54, 1.807) is 6.92 Å². The number of hydrogen-bond donors (Lipinski definition) is 2. The SMILES string of the molecule is CC[C@H](NC(=O)[C@@H]1CCC[C@H](OCc2nc(-c3ccc(C)cc3)oc2C)C1)C(=O)O. The summed E-state index contributed by atoms with van der Waals surface area (Å²) in [5, 5.41) is 11.8. The van der Waals surface area contributed by atoms with E-state index in [2.05, 4.69) is 10.3 Å². The van der Waals surface area contributed by atoms with Gasteiger partial charge in [0.2, 0.25) is 11.8 Å². The Labute approximate surface area is 176 Å². The fourth-order valence-electron chi connectivity index (χ4n) is 3.74. The van der Waals surface area contributed by atoms with E-state index in [9.17, 15) is 9.59 Å². The van der Waals surface area contributed by atoms with Gasteiger partial charge in [-0.25, -0.2) is 9.78 Å². The first-order chi connectivity index (χ1) is 14.4. The molecule has 0 saturated heterocycles. The molecule has 2 aromatic rings. The molecule has 1 aliphatic carbocycles. The molecular weight excluding hydrogens is 384 g/mol. The number of carbonyl (C=O) groups excluding carboxylic acids is 1. The standard InChI is InChI=1S/C23H30N2O5/c1-4-19(23(27)28)24-21(26)17-6-5-7-18(12-17)29-13-20-15(3)30-22(25-20)16-10-8-14(2)9-11-16/h8-11,17-19H,4-7,12-13H2,1-3H3,(H,24,26)(H,27,28)/t17-,18+,19+/m1/s1. The van der Waals surface area contributed by atoms with Crippen LogP contribution in [0.1, 0.15) is 56.0 Å². The third-order valence-electron chi connectivity index (χ3n) is 5.67. The number of nitrogens with zero attached hydrogens (tertiary/aromatic N) is 1. The molecule has 3 rings (SSSR count). The van der Waals surface area contributed by atoms with Crippen molar-refractivity contribution in [3.05, 3.63) is 41.3 Å². The molecule has 0 radical (unpaired) electrons. The summed E-state index contributed by atoms with van der Waals surface area (Å²) in [6, 6.07) is 7.17. The molecule has 0 aliphatic heterocycles. The molecule has 7 nitrogen and oxygen atoms in total. The van der Waals surface area contributed by atoms with Gasteiger partial charge in [0.15, 0.2) is 0 Å². The average molecular weight is 415 g/mol. The van der Waals surface area contributed by atoms with Crippen molar-refractivity contribution >= 4 is 11.9 Å². The number of hydrogen-bond acceptors (Lipinski definition) is 5. The molecule has 0 unspecified atom stereocenters. The van der Waals surface area contributed by atoms with Gasteiger partial charge in [-0.3, -0.25) is 4.79 Å². The van der Waals surface area contributed by atoms with Gasteiger partial charge < -0.3 is 19.6 Å². The van der Waals surface area contributed by atoms with Crippen molar-refractivity contribution in [1.82, 2.24) is 10.3 Å². The van der Waals surface area contributed by atoms with Crippen LogP contribution in [0.4, 0.5) is 0 Å². The van der Waals surface area contributed by atoms with E-state index < -0.39 is 12.0 Å². The number of aliphatic carboxylic acids is 1. The number of nitrogens with one attached hydrogen (secondary N) is 1. The van der Waals surface area contributed by atoms with Crippen molar-refractivity contribution < 1.29 is 23.8 Å². The lowest BCUT2D eigenvalue weighted by molar-refractivity contribution is -0.143. The monoisotopic (exact) mass is 414 g/mol. The number of ether oxygens (including phenoxy) is 1. The minimum absolute atomic E-state index is 0.0571. The highest BCUT2D eigenvalue weighted by Gasteiger charge is 2.30. The summed E-state index contributed by atoms with van der Waals surface area (Å²) < 4.78 is 11.9. The van der Waals surface area contributed by atoms with E-state index in [0.717, 1.165) is 36.3 Å². The number of oxazole rings is 1. The summed E-state index contributed by atoms with van der Waals surface area (Å²) in [7, 11) is 0. The van der Waals surface area contributed by atoms with Crippen molar-refractivity contribution in [3.63, 3.8) is 0 Å². The highest BCUT2D eigenvalue weighted by atomic mass is 16.5. The Morgan fingerprint density at radius 3 is 2.67 bits per heavy atom. The molecule has 1 heterocycles. The van der Waals surface area contributed by atoms with Crippen LogP contribution in [-0.4, -0.2) is 34.1 Å². The Hall–Kier alpha value is -2.67. The van der Waals surface area contributed by atoms with E-state index in [-0.39, 0.29) is 17.9 Å². The second-order valence-electron chi connectivity index (χ2n) is 7.99. The molecule has 1 aliphatic rings. The first kappa shape index (κ1) is 22.0. The maximum atomic E-state index is 12.5. The fourth-order valence-corrected chi connectivity index (χ4v) is 3.74. The van der Waals surface area contributed by atoms with Crippen LogP contribution in [0, 0.1) is 19.8 Å². The molecular formula is C23H30N2O5. The van der Waals surface area contributed by atoms with Gasteiger partial charge in [-0.15, -0.1) is 0 Å². The maximum absolute atomic E-state index is 12.5. The summed E-state index contributed by atoms with van der Waals surface area (Å²) in [4.78, 5) is 28.2. The third kappa shape index (κ3) is 5.48. The minimum atomic E-state index is -1.000. The Balaban J connectivity index is 1.56. The average Bonchev–Trinajstić information content (AvgIpc) is 3.11. The van der Waals surface area contributed by atoms with Gasteiger partial charge in [0.1, 0.15) is 17.5 Å². The summed E-state index contributed by atoms with van der Waals surface area (Å²) in [5.74, 6) is -0.120. The van der Waals surface area contributed by atoms with E-state index >= 15 is 0 Å². The van der Waals surface area contributed by atoms with Crippen LogP contribution in [0.25, 0.3) is 11.5 Å².